The fourth-order valence-corrected chi connectivity index (χ4v) is 1.84. The van der Waals surface area contributed by atoms with Crippen LogP contribution in [-0.4, -0.2) is 30.3 Å². The molecular weight excluding hydrogens is 224 g/mol. The van der Waals surface area contributed by atoms with Gasteiger partial charge in [-0.3, -0.25) is 0 Å². The molecule has 0 saturated heterocycles. The van der Waals surface area contributed by atoms with E-state index < -0.39 is 5.60 Å². The van der Waals surface area contributed by atoms with Crippen LogP contribution in [0.5, 0.6) is 0 Å². The molecule has 0 aliphatic carbocycles. The average Bonchev–Trinajstić information content (AvgIpc) is 2.40. The summed E-state index contributed by atoms with van der Waals surface area (Å²) in [6.07, 6.45) is 3.04. The van der Waals surface area contributed by atoms with Gasteiger partial charge in [0.2, 0.25) is 0 Å². The van der Waals surface area contributed by atoms with Crippen LogP contribution in [0.4, 0.5) is 5.69 Å². The topological polar surface area (TPSA) is 49.5 Å². The number of hydrogen-bond acceptors (Lipinski definition) is 3. The van der Waals surface area contributed by atoms with E-state index >= 15 is 0 Å². The van der Waals surface area contributed by atoms with Crippen LogP contribution in [0.2, 0.25) is 0 Å². The largest absolute Gasteiger partial charge is 0.389 e. The van der Waals surface area contributed by atoms with Crippen LogP contribution in [-0.2, 0) is 0 Å². The summed E-state index contributed by atoms with van der Waals surface area (Å²) in [4.78, 5) is 2.33. The van der Waals surface area contributed by atoms with Crippen LogP contribution in [0.1, 0.15) is 33.1 Å². The van der Waals surface area contributed by atoms with Crippen molar-refractivity contribution in [3.8, 4) is 0 Å². The maximum atomic E-state index is 9.99. The molecule has 3 nitrogen and oxygen atoms in total. The Kier molecular flexibility index (Phi) is 6.16. The Morgan fingerprint density at radius 2 is 1.89 bits per heavy atom. The SMILES string of the molecule is CCCCN(CCC(C)(O)CN)c1ccccc1. The van der Waals surface area contributed by atoms with E-state index in [2.05, 4.69) is 36.1 Å². The van der Waals surface area contributed by atoms with Gasteiger partial charge in [0.25, 0.3) is 0 Å². The van der Waals surface area contributed by atoms with Crippen molar-refractivity contribution < 1.29 is 5.11 Å². The summed E-state index contributed by atoms with van der Waals surface area (Å²) < 4.78 is 0. The van der Waals surface area contributed by atoms with Gasteiger partial charge < -0.3 is 15.7 Å². The first-order valence-electron chi connectivity index (χ1n) is 6.81. The molecule has 0 saturated carbocycles. The predicted molar refractivity (Wildman–Crippen MR) is 77.9 cm³/mol. The van der Waals surface area contributed by atoms with Gasteiger partial charge in [-0.15, -0.1) is 0 Å². The smallest absolute Gasteiger partial charge is 0.0758 e. The summed E-state index contributed by atoms with van der Waals surface area (Å²) in [6, 6.07) is 10.4. The third-order valence-corrected chi connectivity index (χ3v) is 3.26. The number of benzene rings is 1. The molecule has 1 rings (SSSR count). The second-order valence-electron chi connectivity index (χ2n) is 5.13. The molecule has 1 aromatic carbocycles. The minimum Gasteiger partial charge on any atom is -0.389 e. The Hall–Kier alpha value is -1.06. The van der Waals surface area contributed by atoms with Gasteiger partial charge in [0.1, 0.15) is 0 Å². The molecule has 3 heteroatoms. The molecule has 1 atom stereocenters. The second kappa shape index (κ2) is 7.39. The first kappa shape index (κ1) is 15.0. The van der Waals surface area contributed by atoms with Gasteiger partial charge in [0.15, 0.2) is 0 Å². The Labute approximate surface area is 111 Å². The van der Waals surface area contributed by atoms with Gasteiger partial charge in [-0.2, -0.15) is 0 Å². The molecule has 0 aliphatic rings. The molecule has 1 aromatic rings. The van der Waals surface area contributed by atoms with Crippen LogP contribution in [0.15, 0.2) is 30.3 Å². The predicted octanol–water partition coefficient (Wildman–Crippen LogP) is 2.39. The summed E-state index contributed by atoms with van der Waals surface area (Å²) >= 11 is 0. The van der Waals surface area contributed by atoms with E-state index in [9.17, 15) is 5.11 Å². The molecule has 0 fully saturated rings. The maximum absolute atomic E-state index is 9.99. The Balaban J connectivity index is 2.62. The van der Waals surface area contributed by atoms with E-state index in [1.807, 2.05) is 6.07 Å². The first-order valence-corrected chi connectivity index (χ1v) is 6.81. The Morgan fingerprint density at radius 1 is 1.22 bits per heavy atom. The molecule has 0 heterocycles. The van der Waals surface area contributed by atoms with Crippen molar-refractivity contribution in [2.75, 3.05) is 24.5 Å². The third kappa shape index (κ3) is 5.07. The number of anilines is 1. The summed E-state index contributed by atoms with van der Waals surface area (Å²) in [6.45, 7) is 6.17. The number of hydrogen-bond donors (Lipinski definition) is 2. The highest BCUT2D eigenvalue weighted by Crippen LogP contribution is 2.17. The van der Waals surface area contributed by atoms with Crippen LogP contribution in [0.3, 0.4) is 0 Å². The van der Waals surface area contributed by atoms with Gasteiger partial charge in [-0.25, -0.2) is 0 Å². The number of rotatable bonds is 8. The summed E-state index contributed by atoms with van der Waals surface area (Å²) in [5.74, 6) is 0. The van der Waals surface area contributed by atoms with Gasteiger partial charge in [-0.05, 0) is 31.9 Å². The molecule has 0 bridgehead atoms. The van der Waals surface area contributed by atoms with Gasteiger partial charge >= 0.3 is 0 Å². The summed E-state index contributed by atoms with van der Waals surface area (Å²) in [5.41, 5.74) is 6.02. The van der Waals surface area contributed by atoms with E-state index in [0.29, 0.717) is 13.0 Å². The minimum absolute atomic E-state index is 0.309. The normalized spacial score (nSPS) is 14.2. The van der Waals surface area contributed by atoms with Crippen molar-refractivity contribution in [1.29, 1.82) is 0 Å². The van der Waals surface area contributed by atoms with E-state index in [4.69, 9.17) is 5.73 Å². The van der Waals surface area contributed by atoms with Crippen LogP contribution in [0, 0.1) is 0 Å². The van der Waals surface area contributed by atoms with E-state index in [-0.39, 0.29) is 0 Å². The van der Waals surface area contributed by atoms with E-state index in [1.165, 1.54) is 18.5 Å². The molecule has 0 radical (unpaired) electrons. The average molecular weight is 250 g/mol. The zero-order valence-electron chi connectivity index (χ0n) is 11.6. The van der Waals surface area contributed by atoms with Gasteiger partial charge in [0, 0.05) is 25.3 Å². The van der Waals surface area contributed by atoms with E-state index in [0.717, 1.165) is 13.1 Å². The molecule has 0 aliphatic heterocycles. The number of para-hydroxylation sites is 1. The van der Waals surface area contributed by atoms with Crippen molar-refractivity contribution >= 4 is 5.69 Å². The third-order valence-electron chi connectivity index (χ3n) is 3.26. The van der Waals surface area contributed by atoms with E-state index in [1.54, 1.807) is 6.92 Å². The number of nitrogens with two attached hydrogens (primary N) is 1. The first-order chi connectivity index (χ1) is 8.59. The molecule has 0 aromatic heterocycles. The molecular formula is C15H26N2O. The van der Waals surface area contributed by atoms with Crippen molar-refractivity contribution in [1.82, 2.24) is 0 Å². The standard InChI is InChI=1S/C15H26N2O/c1-3-4-11-17(12-10-15(2,18)13-16)14-8-6-5-7-9-14/h5-9,18H,3-4,10-13,16H2,1-2H3. The quantitative estimate of drug-likeness (QED) is 0.745. The molecule has 0 amide bonds. The van der Waals surface area contributed by atoms with Crippen molar-refractivity contribution in [3.05, 3.63) is 30.3 Å². The monoisotopic (exact) mass is 250 g/mol. The summed E-state index contributed by atoms with van der Waals surface area (Å²) in [7, 11) is 0. The van der Waals surface area contributed by atoms with Crippen molar-refractivity contribution in [2.45, 2.75) is 38.7 Å². The molecule has 18 heavy (non-hydrogen) atoms. The maximum Gasteiger partial charge on any atom is 0.0758 e. The lowest BCUT2D eigenvalue weighted by Crippen LogP contribution is -2.39. The molecule has 3 N–H and O–H groups in total. The lowest BCUT2D eigenvalue weighted by molar-refractivity contribution is 0.0620. The Morgan fingerprint density at radius 3 is 2.44 bits per heavy atom. The fourth-order valence-electron chi connectivity index (χ4n) is 1.84. The van der Waals surface area contributed by atoms with Gasteiger partial charge in [0.05, 0.1) is 5.60 Å². The lowest BCUT2D eigenvalue weighted by Gasteiger charge is -2.29. The highest BCUT2D eigenvalue weighted by molar-refractivity contribution is 5.45. The Bertz CT molecular complexity index is 325. The number of nitrogens with zero attached hydrogens (tertiary/aromatic N) is 1. The molecule has 102 valence electrons. The van der Waals surface area contributed by atoms with Gasteiger partial charge in [-0.1, -0.05) is 31.5 Å². The molecule has 1 unspecified atom stereocenters. The van der Waals surface area contributed by atoms with Crippen LogP contribution < -0.4 is 10.6 Å². The van der Waals surface area contributed by atoms with Crippen LogP contribution in [0.25, 0.3) is 0 Å². The lowest BCUT2D eigenvalue weighted by atomic mass is 10.0. The molecule has 0 spiro atoms. The fraction of sp³-hybridized carbons (Fsp3) is 0.600. The zero-order valence-corrected chi connectivity index (χ0v) is 11.6. The number of unbranched alkanes of at least 4 members (excludes halogenated alkanes) is 1. The number of aliphatic hydroxyl groups is 1. The highest BCUT2D eigenvalue weighted by atomic mass is 16.3. The van der Waals surface area contributed by atoms with Crippen LogP contribution >= 0.6 is 0 Å². The van der Waals surface area contributed by atoms with Crippen molar-refractivity contribution in [2.24, 2.45) is 5.73 Å². The summed E-state index contributed by atoms with van der Waals surface area (Å²) in [5, 5.41) is 9.99. The zero-order chi connectivity index (χ0) is 13.4. The second-order valence-corrected chi connectivity index (χ2v) is 5.13. The highest BCUT2D eigenvalue weighted by Gasteiger charge is 2.19. The minimum atomic E-state index is -0.765. The van der Waals surface area contributed by atoms with Crippen molar-refractivity contribution in [3.63, 3.8) is 0 Å².